The fraction of sp³-hybridized carbons (Fsp3) is 0.538. The molecular formula is C13H19N3S. The third kappa shape index (κ3) is 2.05. The number of rotatable bonds is 2. The number of para-hydroxylation sites is 1. The van der Waals surface area contributed by atoms with Crippen molar-refractivity contribution >= 4 is 17.4 Å². The molecule has 0 spiro atoms. The van der Waals surface area contributed by atoms with Crippen molar-refractivity contribution in [3.05, 3.63) is 24.3 Å². The fourth-order valence-corrected chi connectivity index (χ4v) is 3.94. The molecule has 1 aromatic rings. The Morgan fingerprint density at radius 1 is 1.41 bits per heavy atom. The molecule has 0 aliphatic carbocycles. The van der Waals surface area contributed by atoms with Crippen molar-refractivity contribution in [2.75, 3.05) is 25.0 Å². The molecule has 0 bridgehead atoms. The zero-order chi connectivity index (χ0) is 11.7. The van der Waals surface area contributed by atoms with Crippen LogP contribution >= 0.6 is 11.8 Å². The van der Waals surface area contributed by atoms with E-state index in [1.165, 1.54) is 30.0 Å². The molecule has 1 saturated heterocycles. The molecule has 4 heteroatoms. The summed E-state index contributed by atoms with van der Waals surface area (Å²) in [6, 6.07) is 9.36. The van der Waals surface area contributed by atoms with Crippen molar-refractivity contribution in [3.8, 4) is 0 Å². The summed E-state index contributed by atoms with van der Waals surface area (Å²) >= 11 is 1.92. The predicted molar refractivity (Wildman–Crippen MR) is 73.5 cm³/mol. The van der Waals surface area contributed by atoms with E-state index < -0.39 is 0 Å². The number of hydrogen-bond acceptors (Lipinski definition) is 4. The van der Waals surface area contributed by atoms with Gasteiger partial charge in [-0.15, -0.1) is 0 Å². The minimum atomic E-state index is 0.386. The van der Waals surface area contributed by atoms with Crippen molar-refractivity contribution in [3.63, 3.8) is 0 Å². The molecule has 2 aliphatic rings. The number of fused-ring (bicyclic) bond motifs is 1. The molecule has 2 N–H and O–H groups in total. The summed E-state index contributed by atoms with van der Waals surface area (Å²) in [4.78, 5) is 3.95. The largest absolute Gasteiger partial charge is 0.342 e. The first-order valence-corrected chi connectivity index (χ1v) is 7.20. The molecule has 0 amide bonds. The zero-order valence-corrected chi connectivity index (χ0v) is 11.0. The van der Waals surface area contributed by atoms with Crippen molar-refractivity contribution < 1.29 is 0 Å². The third-order valence-corrected chi connectivity index (χ3v) is 4.83. The van der Waals surface area contributed by atoms with E-state index in [9.17, 15) is 0 Å². The maximum absolute atomic E-state index is 3.51. The monoisotopic (exact) mass is 249 g/mol. The first kappa shape index (κ1) is 11.4. The second kappa shape index (κ2) is 4.88. The summed E-state index contributed by atoms with van der Waals surface area (Å²) in [7, 11) is 2.05. The summed E-state index contributed by atoms with van der Waals surface area (Å²) in [5, 5.41) is 6.93. The number of nitrogens with one attached hydrogen (secondary N) is 2. The highest BCUT2D eigenvalue weighted by Gasteiger charge is 2.34. The van der Waals surface area contributed by atoms with Crippen molar-refractivity contribution in [2.24, 2.45) is 0 Å². The maximum Gasteiger partial charge on any atom is 0.132 e. The van der Waals surface area contributed by atoms with Gasteiger partial charge in [-0.05, 0) is 38.6 Å². The number of nitrogens with zero attached hydrogens (tertiary/aromatic N) is 1. The van der Waals surface area contributed by atoms with Crippen LogP contribution in [0.2, 0.25) is 0 Å². The number of thioether (sulfide) groups is 1. The predicted octanol–water partition coefficient (Wildman–Crippen LogP) is 1.85. The van der Waals surface area contributed by atoms with Gasteiger partial charge < -0.3 is 10.2 Å². The summed E-state index contributed by atoms with van der Waals surface area (Å²) in [6.07, 6.45) is 2.57. The van der Waals surface area contributed by atoms with E-state index in [1.807, 2.05) is 18.8 Å². The van der Waals surface area contributed by atoms with Gasteiger partial charge in [-0.1, -0.05) is 23.9 Å². The highest BCUT2D eigenvalue weighted by atomic mass is 32.2. The minimum Gasteiger partial charge on any atom is -0.342 e. The SMILES string of the molecule is CNC1Sc2ccccc2N1C1CCCNC1. The Morgan fingerprint density at radius 3 is 3.06 bits per heavy atom. The number of hydrogen-bond donors (Lipinski definition) is 2. The first-order valence-electron chi connectivity index (χ1n) is 6.32. The van der Waals surface area contributed by atoms with E-state index in [-0.39, 0.29) is 0 Å². The molecule has 92 valence electrons. The van der Waals surface area contributed by atoms with Crippen molar-refractivity contribution in [2.45, 2.75) is 29.3 Å². The van der Waals surface area contributed by atoms with Crippen LogP contribution < -0.4 is 15.5 Å². The van der Waals surface area contributed by atoms with Crippen LogP contribution in [0.15, 0.2) is 29.2 Å². The minimum absolute atomic E-state index is 0.386. The van der Waals surface area contributed by atoms with Crippen LogP contribution in [-0.2, 0) is 0 Å². The van der Waals surface area contributed by atoms with Crippen molar-refractivity contribution in [1.29, 1.82) is 0 Å². The Kier molecular flexibility index (Phi) is 3.27. The quantitative estimate of drug-likeness (QED) is 0.836. The average Bonchev–Trinajstić information content (AvgIpc) is 2.78. The van der Waals surface area contributed by atoms with E-state index >= 15 is 0 Å². The Labute approximate surface area is 107 Å². The van der Waals surface area contributed by atoms with Crippen LogP contribution in [0.1, 0.15) is 12.8 Å². The molecule has 2 atom stereocenters. The van der Waals surface area contributed by atoms with Gasteiger partial charge in [-0.2, -0.15) is 0 Å². The smallest absolute Gasteiger partial charge is 0.132 e. The van der Waals surface area contributed by atoms with Crippen LogP contribution in [0.5, 0.6) is 0 Å². The maximum atomic E-state index is 3.51. The molecule has 0 aromatic heterocycles. The van der Waals surface area contributed by atoms with E-state index in [2.05, 4.69) is 39.8 Å². The zero-order valence-electron chi connectivity index (χ0n) is 10.1. The van der Waals surface area contributed by atoms with Crippen LogP contribution in [0.25, 0.3) is 0 Å². The van der Waals surface area contributed by atoms with Crippen LogP contribution in [-0.4, -0.2) is 31.7 Å². The second-order valence-corrected chi connectivity index (χ2v) is 5.76. The molecule has 3 rings (SSSR count). The lowest BCUT2D eigenvalue weighted by Crippen LogP contribution is -2.51. The average molecular weight is 249 g/mol. The molecule has 1 aromatic carbocycles. The Morgan fingerprint density at radius 2 is 2.29 bits per heavy atom. The number of piperidine rings is 1. The molecule has 1 fully saturated rings. The lowest BCUT2D eigenvalue weighted by molar-refractivity contribution is 0.419. The van der Waals surface area contributed by atoms with Gasteiger partial charge >= 0.3 is 0 Å². The van der Waals surface area contributed by atoms with Crippen molar-refractivity contribution in [1.82, 2.24) is 10.6 Å². The van der Waals surface area contributed by atoms with E-state index in [1.54, 1.807) is 0 Å². The van der Waals surface area contributed by atoms with Gasteiger partial charge in [0.1, 0.15) is 5.50 Å². The van der Waals surface area contributed by atoms with Gasteiger partial charge in [0.15, 0.2) is 0 Å². The van der Waals surface area contributed by atoms with Gasteiger partial charge in [0.25, 0.3) is 0 Å². The number of anilines is 1. The Bertz CT molecular complexity index is 390. The lowest BCUT2D eigenvalue weighted by atomic mass is 10.1. The second-order valence-electron chi connectivity index (χ2n) is 4.63. The highest BCUT2D eigenvalue weighted by Crippen LogP contribution is 2.43. The molecule has 0 radical (unpaired) electrons. The van der Waals surface area contributed by atoms with Crippen LogP contribution in [0, 0.1) is 0 Å². The van der Waals surface area contributed by atoms with E-state index in [0.29, 0.717) is 11.5 Å². The van der Waals surface area contributed by atoms with Crippen LogP contribution in [0.4, 0.5) is 5.69 Å². The summed E-state index contributed by atoms with van der Waals surface area (Å²) in [5.74, 6) is 0. The van der Waals surface area contributed by atoms with Crippen LogP contribution in [0.3, 0.4) is 0 Å². The van der Waals surface area contributed by atoms with E-state index in [0.717, 1.165) is 6.54 Å². The highest BCUT2D eigenvalue weighted by molar-refractivity contribution is 8.00. The Hall–Kier alpha value is -0.710. The molecule has 3 nitrogen and oxygen atoms in total. The molecule has 17 heavy (non-hydrogen) atoms. The van der Waals surface area contributed by atoms with Gasteiger partial charge in [0.2, 0.25) is 0 Å². The molecule has 2 aliphatic heterocycles. The molecular weight excluding hydrogens is 230 g/mol. The standard InChI is InChI=1S/C13H19N3S/c1-14-13-16(10-5-4-8-15-9-10)11-6-2-3-7-12(11)17-13/h2-3,6-7,10,13-15H,4-5,8-9H2,1H3. The Balaban J connectivity index is 1.89. The normalized spacial score (nSPS) is 28.2. The molecule has 2 heterocycles. The fourth-order valence-electron chi connectivity index (χ4n) is 2.73. The number of benzene rings is 1. The molecule has 2 unspecified atom stereocenters. The summed E-state index contributed by atoms with van der Waals surface area (Å²) in [6.45, 7) is 2.27. The van der Waals surface area contributed by atoms with Gasteiger partial charge in [-0.3, -0.25) is 5.32 Å². The van der Waals surface area contributed by atoms with Gasteiger partial charge in [0, 0.05) is 17.5 Å². The van der Waals surface area contributed by atoms with Gasteiger partial charge in [-0.25, -0.2) is 0 Å². The van der Waals surface area contributed by atoms with E-state index in [4.69, 9.17) is 0 Å². The summed E-state index contributed by atoms with van der Waals surface area (Å²) < 4.78 is 0. The summed E-state index contributed by atoms with van der Waals surface area (Å²) in [5.41, 5.74) is 1.78. The molecule has 0 saturated carbocycles. The van der Waals surface area contributed by atoms with Gasteiger partial charge in [0.05, 0.1) is 5.69 Å². The lowest BCUT2D eigenvalue weighted by Gasteiger charge is -2.37. The first-order chi connectivity index (χ1) is 8.40. The third-order valence-electron chi connectivity index (χ3n) is 3.55. The topological polar surface area (TPSA) is 27.3 Å².